The van der Waals surface area contributed by atoms with Gasteiger partial charge in [0.25, 0.3) is 0 Å². The number of nitrogens with zero attached hydrogens (tertiary/aromatic N) is 6. The molecule has 0 N–H and O–H groups in total. The van der Waals surface area contributed by atoms with E-state index in [4.69, 9.17) is 10.2 Å². The second-order valence-electron chi connectivity index (χ2n) is 8.23. The Bertz CT molecular complexity index is 1660. The summed E-state index contributed by atoms with van der Waals surface area (Å²) >= 11 is 1.54. The van der Waals surface area contributed by atoms with Gasteiger partial charge in [-0.1, -0.05) is 36.4 Å². The molecule has 0 saturated carbocycles. The van der Waals surface area contributed by atoms with Crippen LogP contribution in [0.15, 0.2) is 76.5 Å². The topological polar surface area (TPSA) is 78.5 Å². The third kappa shape index (κ3) is 3.31. The maximum Gasteiger partial charge on any atom is 0.301 e. The SMILES string of the molecule is Cc1cccc(-n2nc3c4ccccc4n(Cc4ccc(-c5cscn5)nc4)nc-3c2=O)c1C. The zero-order valence-electron chi connectivity index (χ0n) is 18.6. The van der Waals surface area contributed by atoms with E-state index in [2.05, 4.69) is 9.97 Å². The number of aryl methyl sites for hydroxylation is 1. The van der Waals surface area contributed by atoms with Gasteiger partial charge < -0.3 is 0 Å². The highest BCUT2D eigenvalue weighted by atomic mass is 32.1. The van der Waals surface area contributed by atoms with Gasteiger partial charge in [0, 0.05) is 17.0 Å². The normalized spacial score (nSPS) is 11.5. The Balaban J connectivity index is 1.49. The molecule has 0 spiro atoms. The van der Waals surface area contributed by atoms with Gasteiger partial charge in [0.2, 0.25) is 0 Å². The number of para-hydroxylation sites is 1. The van der Waals surface area contributed by atoms with Crippen molar-refractivity contribution in [3.8, 4) is 28.5 Å². The smallest absolute Gasteiger partial charge is 0.265 e. The van der Waals surface area contributed by atoms with Gasteiger partial charge >= 0.3 is 5.56 Å². The van der Waals surface area contributed by atoms with Crippen molar-refractivity contribution in [2.24, 2.45) is 0 Å². The molecule has 166 valence electrons. The van der Waals surface area contributed by atoms with Crippen molar-refractivity contribution in [3.63, 3.8) is 0 Å². The van der Waals surface area contributed by atoms with Crippen molar-refractivity contribution in [1.82, 2.24) is 29.5 Å². The Morgan fingerprint density at radius 1 is 0.882 bits per heavy atom. The lowest BCUT2D eigenvalue weighted by molar-refractivity contribution is 0.697. The lowest BCUT2D eigenvalue weighted by atomic mass is 10.1. The first kappa shape index (κ1) is 20.4. The van der Waals surface area contributed by atoms with Crippen LogP contribution >= 0.6 is 11.3 Å². The van der Waals surface area contributed by atoms with E-state index in [1.807, 2.05) is 84.7 Å². The molecule has 0 fully saturated rings. The van der Waals surface area contributed by atoms with Crippen LogP contribution in [0.1, 0.15) is 16.7 Å². The fourth-order valence-electron chi connectivity index (χ4n) is 4.17. The van der Waals surface area contributed by atoms with Crippen molar-refractivity contribution in [2.45, 2.75) is 20.4 Å². The number of hydrogen-bond donors (Lipinski definition) is 0. The molecule has 0 saturated heterocycles. The number of hydrogen-bond acceptors (Lipinski definition) is 6. The molecule has 2 aliphatic rings. The van der Waals surface area contributed by atoms with Crippen molar-refractivity contribution in [3.05, 3.63) is 98.7 Å². The van der Waals surface area contributed by atoms with Crippen LogP contribution in [0.25, 0.3) is 39.4 Å². The van der Waals surface area contributed by atoms with Gasteiger partial charge in [-0.05, 0) is 48.7 Å². The standard InChI is InChI=1S/C26H20N6OS/c1-16-6-5-9-22(17(16)2)32-26(33)25-24(30-32)19-7-3-4-8-23(19)31(29-25)13-18-10-11-20(27-12-18)21-14-34-15-28-21/h3-12,14-15H,13H2,1-2H3. The maximum absolute atomic E-state index is 13.4. The van der Waals surface area contributed by atoms with Crippen LogP contribution in [0.5, 0.6) is 0 Å². The van der Waals surface area contributed by atoms with E-state index in [9.17, 15) is 4.79 Å². The van der Waals surface area contributed by atoms with E-state index in [1.54, 1.807) is 16.8 Å². The maximum atomic E-state index is 13.4. The Labute approximate surface area is 199 Å². The highest BCUT2D eigenvalue weighted by molar-refractivity contribution is 7.07. The monoisotopic (exact) mass is 464 g/mol. The molecule has 0 bridgehead atoms. The molecular formula is C26H20N6OS. The predicted octanol–water partition coefficient (Wildman–Crippen LogP) is 4.87. The van der Waals surface area contributed by atoms with E-state index in [0.717, 1.165) is 44.7 Å². The van der Waals surface area contributed by atoms with E-state index >= 15 is 0 Å². The van der Waals surface area contributed by atoms with Gasteiger partial charge in [0.1, 0.15) is 5.69 Å². The number of rotatable bonds is 4. The summed E-state index contributed by atoms with van der Waals surface area (Å²) in [5.74, 6) is 0. The minimum Gasteiger partial charge on any atom is -0.265 e. The number of benzene rings is 2. The van der Waals surface area contributed by atoms with Crippen LogP contribution in [0.4, 0.5) is 0 Å². The fourth-order valence-corrected chi connectivity index (χ4v) is 4.72. The van der Waals surface area contributed by atoms with Gasteiger partial charge in [0.15, 0.2) is 5.69 Å². The van der Waals surface area contributed by atoms with Gasteiger partial charge in [-0.3, -0.25) is 14.5 Å². The second-order valence-corrected chi connectivity index (χ2v) is 8.95. The molecule has 2 aliphatic heterocycles. The van der Waals surface area contributed by atoms with Crippen molar-refractivity contribution < 1.29 is 0 Å². The van der Waals surface area contributed by atoms with E-state index in [-0.39, 0.29) is 5.56 Å². The molecule has 7 nitrogen and oxygen atoms in total. The molecule has 4 heterocycles. The number of fused-ring (bicyclic) bond motifs is 3. The van der Waals surface area contributed by atoms with Gasteiger partial charge in [-0.25, -0.2) is 4.98 Å². The predicted molar refractivity (Wildman–Crippen MR) is 134 cm³/mol. The minimum atomic E-state index is -0.222. The third-order valence-electron chi connectivity index (χ3n) is 6.13. The average molecular weight is 465 g/mol. The zero-order valence-corrected chi connectivity index (χ0v) is 19.5. The zero-order chi connectivity index (χ0) is 23.2. The molecule has 0 atom stereocenters. The molecule has 0 amide bonds. The Morgan fingerprint density at radius 3 is 2.56 bits per heavy atom. The molecule has 34 heavy (non-hydrogen) atoms. The molecule has 0 unspecified atom stereocenters. The van der Waals surface area contributed by atoms with Crippen molar-refractivity contribution >= 4 is 22.2 Å². The first-order valence-electron chi connectivity index (χ1n) is 10.9. The summed E-state index contributed by atoms with van der Waals surface area (Å²) in [5, 5.41) is 12.3. The summed E-state index contributed by atoms with van der Waals surface area (Å²) in [5.41, 5.74) is 9.03. The Hall–Kier alpha value is -4.17. The van der Waals surface area contributed by atoms with Crippen LogP contribution in [0, 0.1) is 13.8 Å². The van der Waals surface area contributed by atoms with Crippen LogP contribution in [0.2, 0.25) is 0 Å². The summed E-state index contributed by atoms with van der Waals surface area (Å²) in [4.78, 5) is 22.3. The first-order chi connectivity index (χ1) is 16.6. The molecule has 2 aromatic heterocycles. The van der Waals surface area contributed by atoms with E-state index < -0.39 is 0 Å². The largest absolute Gasteiger partial charge is 0.301 e. The highest BCUT2D eigenvalue weighted by Gasteiger charge is 2.23. The minimum absolute atomic E-state index is 0.222. The molecule has 8 heteroatoms. The van der Waals surface area contributed by atoms with Gasteiger partial charge in [-0.15, -0.1) is 11.3 Å². The van der Waals surface area contributed by atoms with Crippen LogP contribution in [-0.2, 0) is 6.54 Å². The highest BCUT2D eigenvalue weighted by Crippen LogP contribution is 2.27. The number of aromatic nitrogens is 6. The fraction of sp³-hybridized carbons (Fsp3) is 0.115. The average Bonchev–Trinajstić information content (AvgIpc) is 3.51. The molecule has 0 radical (unpaired) electrons. The Morgan fingerprint density at radius 2 is 1.76 bits per heavy atom. The number of pyridine rings is 1. The van der Waals surface area contributed by atoms with Gasteiger partial charge in [0.05, 0.1) is 34.6 Å². The lowest BCUT2D eigenvalue weighted by Gasteiger charge is -2.12. The summed E-state index contributed by atoms with van der Waals surface area (Å²) in [6.07, 6.45) is 1.83. The molecule has 4 aromatic rings. The van der Waals surface area contributed by atoms with Gasteiger partial charge in [-0.2, -0.15) is 14.9 Å². The summed E-state index contributed by atoms with van der Waals surface area (Å²) in [7, 11) is 0. The molecule has 2 aromatic carbocycles. The summed E-state index contributed by atoms with van der Waals surface area (Å²) in [6.45, 7) is 4.52. The Kier molecular flexibility index (Phi) is 4.81. The van der Waals surface area contributed by atoms with Crippen molar-refractivity contribution in [1.29, 1.82) is 0 Å². The summed E-state index contributed by atoms with van der Waals surface area (Å²) < 4.78 is 3.33. The lowest BCUT2D eigenvalue weighted by Crippen LogP contribution is -2.18. The summed E-state index contributed by atoms with van der Waals surface area (Å²) in [6, 6.07) is 17.8. The van der Waals surface area contributed by atoms with E-state index in [1.165, 1.54) is 4.68 Å². The number of thiazole rings is 1. The first-order valence-corrected chi connectivity index (χ1v) is 11.8. The third-order valence-corrected chi connectivity index (χ3v) is 6.72. The quantitative estimate of drug-likeness (QED) is 0.372. The van der Waals surface area contributed by atoms with Crippen LogP contribution < -0.4 is 5.56 Å². The van der Waals surface area contributed by atoms with Crippen molar-refractivity contribution in [2.75, 3.05) is 0 Å². The van der Waals surface area contributed by atoms with Crippen LogP contribution in [-0.4, -0.2) is 29.5 Å². The van der Waals surface area contributed by atoms with Crippen LogP contribution in [0.3, 0.4) is 0 Å². The molecule has 0 aliphatic carbocycles. The molecular weight excluding hydrogens is 444 g/mol. The van der Waals surface area contributed by atoms with E-state index in [0.29, 0.717) is 17.9 Å². The second kappa shape index (κ2) is 8.00. The molecule has 6 rings (SSSR count).